The number of nitrogens with zero attached hydrogens (tertiary/aromatic N) is 3. The number of carbonyl (C=O) groups excluding carboxylic acids is 2. The average Bonchev–Trinajstić information content (AvgIpc) is 3.07. The van der Waals surface area contributed by atoms with Crippen LogP contribution in [0.1, 0.15) is 39.8 Å². The predicted octanol–water partition coefficient (Wildman–Crippen LogP) is 2.02. The van der Waals surface area contributed by atoms with E-state index in [1.165, 1.54) is 22.1 Å². The van der Waals surface area contributed by atoms with Gasteiger partial charge in [-0.3, -0.25) is 9.59 Å². The zero-order valence-electron chi connectivity index (χ0n) is 14.4. The summed E-state index contributed by atoms with van der Waals surface area (Å²) in [4.78, 5) is 35.5. The lowest BCUT2D eigenvalue weighted by Crippen LogP contribution is -2.22. The van der Waals surface area contributed by atoms with Crippen LogP contribution in [-0.2, 0) is 24.2 Å². The third kappa shape index (κ3) is 3.45. The van der Waals surface area contributed by atoms with Crippen LogP contribution in [0, 0.1) is 23.0 Å². The molecule has 138 valence electrons. The number of fused-ring (bicyclic) bond motifs is 1. The van der Waals surface area contributed by atoms with Crippen molar-refractivity contribution in [3.05, 3.63) is 37.9 Å². The molecule has 3 rings (SSSR count). The van der Waals surface area contributed by atoms with Crippen LogP contribution in [0.4, 0.5) is 10.8 Å². The molecule has 0 radical (unpaired) electrons. The second kappa shape index (κ2) is 6.87. The van der Waals surface area contributed by atoms with Crippen molar-refractivity contribution in [3.63, 3.8) is 0 Å². The van der Waals surface area contributed by atoms with Crippen molar-refractivity contribution in [2.45, 2.75) is 39.7 Å². The van der Waals surface area contributed by atoms with Gasteiger partial charge >= 0.3 is 5.82 Å². The average molecular weight is 377 g/mol. The maximum atomic E-state index is 12.4. The number of amides is 2. The molecular weight excluding hydrogens is 358 g/mol. The fourth-order valence-corrected chi connectivity index (χ4v) is 4.58. The largest absolute Gasteiger partial charge is 0.390 e. The second-order valence-corrected chi connectivity index (χ2v) is 7.63. The standard InChI is InChI=1S/C16H19N5O4S/c1-8-3-4-10-11(5-8)26-16(14(10)15(17)23)18-13(22)7-20-9(2)6-12(19-20)21(24)25/h6,8H,3-5,7H2,1-2H3,(H2,17,23)(H,18,22)/t8-/m1/s1. The third-order valence-electron chi connectivity index (χ3n) is 4.46. The molecule has 3 N–H and O–H groups in total. The Labute approximate surface area is 153 Å². The van der Waals surface area contributed by atoms with Crippen molar-refractivity contribution >= 4 is 34.0 Å². The van der Waals surface area contributed by atoms with Gasteiger partial charge < -0.3 is 21.2 Å². The lowest BCUT2D eigenvalue weighted by Gasteiger charge is -2.18. The summed E-state index contributed by atoms with van der Waals surface area (Å²) in [5, 5.41) is 17.7. The van der Waals surface area contributed by atoms with Gasteiger partial charge in [0, 0.05) is 4.88 Å². The quantitative estimate of drug-likeness (QED) is 0.607. The molecule has 2 heterocycles. The summed E-state index contributed by atoms with van der Waals surface area (Å²) >= 11 is 1.38. The maximum absolute atomic E-state index is 12.4. The predicted molar refractivity (Wildman–Crippen MR) is 96.3 cm³/mol. The minimum atomic E-state index is -0.610. The fourth-order valence-electron chi connectivity index (χ4n) is 3.14. The first-order chi connectivity index (χ1) is 12.3. The maximum Gasteiger partial charge on any atom is 0.390 e. The SMILES string of the molecule is Cc1cc([N+](=O)[O-])nn1CC(=O)Nc1sc2c(c1C(N)=O)CC[C@@H](C)C2. The summed E-state index contributed by atoms with van der Waals surface area (Å²) in [5.41, 5.74) is 7.35. The highest BCUT2D eigenvalue weighted by Gasteiger charge is 2.27. The van der Waals surface area contributed by atoms with Gasteiger partial charge in [0.15, 0.2) is 0 Å². The third-order valence-corrected chi connectivity index (χ3v) is 5.63. The minimum Gasteiger partial charge on any atom is -0.365 e. The molecule has 0 aromatic carbocycles. The topological polar surface area (TPSA) is 133 Å². The molecule has 0 spiro atoms. The van der Waals surface area contributed by atoms with Crippen molar-refractivity contribution in [1.29, 1.82) is 0 Å². The molecule has 0 saturated carbocycles. The molecule has 0 saturated heterocycles. The molecule has 1 aliphatic rings. The highest BCUT2D eigenvalue weighted by atomic mass is 32.1. The molecule has 9 nitrogen and oxygen atoms in total. The van der Waals surface area contributed by atoms with Crippen LogP contribution in [0.5, 0.6) is 0 Å². The Kier molecular flexibility index (Phi) is 4.77. The normalized spacial score (nSPS) is 16.2. The van der Waals surface area contributed by atoms with Crippen molar-refractivity contribution < 1.29 is 14.5 Å². The Morgan fingerprint density at radius 2 is 2.27 bits per heavy atom. The number of rotatable bonds is 5. The van der Waals surface area contributed by atoms with Gasteiger partial charge in [-0.05, 0) is 42.6 Å². The van der Waals surface area contributed by atoms with Crippen molar-refractivity contribution in [1.82, 2.24) is 9.78 Å². The number of hydrogen-bond acceptors (Lipinski definition) is 6. The number of aromatic nitrogens is 2. The van der Waals surface area contributed by atoms with Gasteiger partial charge in [-0.2, -0.15) is 4.68 Å². The van der Waals surface area contributed by atoms with Gasteiger partial charge in [-0.15, -0.1) is 11.3 Å². The lowest BCUT2D eigenvalue weighted by atomic mass is 9.88. The van der Waals surface area contributed by atoms with Crippen LogP contribution in [-0.4, -0.2) is 26.5 Å². The van der Waals surface area contributed by atoms with Gasteiger partial charge in [-0.1, -0.05) is 6.92 Å². The van der Waals surface area contributed by atoms with E-state index in [-0.39, 0.29) is 12.4 Å². The van der Waals surface area contributed by atoms with Crippen LogP contribution in [0.2, 0.25) is 0 Å². The zero-order valence-corrected chi connectivity index (χ0v) is 15.3. The van der Waals surface area contributed by atoms with Gasteiger partial charge in [0.2, 0.25) is 5.91 Å². The molecule has 2 aromatic heterocycles. The van der Waals surface area contributed by atoms with Crippen LogP contribution >= 0.6 is 11.3 Å². The Balaban J connectivity index is 1.81. The molecule has 0 unspecified atom stereocenters. The fraction of sp³-hybridized carbons (Fsp3) is 0.438. The van der Waals surface area contributed by atoms with E-state index >= 15 is 0 Å². The molecule has 1 aliphatic carbocycles. The zero-order chi connectivity index (χ0) is 19.0. The van der Waals surface area contributed by atoms with E-state index in [0.29, 0.717) is 22.2 Å². The van der Waals surface area contributed by atoms with Crippen LogP contribution in [0.15, 0.2) is 6.07 Å². The molecule has 10 heteroatoms. The number of nitro groups is 1. The van der Waals surface area contributed by atoms with E-state index in [4.69, 9.17) is 5.73 Å². The Morgan fingerprint density at radius 3 is 2.88 bits per heavy atom. The first-order valence-electron chi connectivity index (χ1n) is 8.19. The number of carbonyl (C=O) groups is 2. The van der Waals surface area contributed by atoms with Crippen LogP contribution in [0.25, 0.3) is 0 Å². The van der Waals surface area contributed by atoms with E-state index in [1.807, 2.05) is 0 Å². The molecule has 2 aromatic rings. The first kappa shape index (κ1) is 18.1. The number of primary amides is 1. The first-order valence-corrected chi connectivity index (χ1v) is 9.01. The summed E-state index contributed by atoms with van der Waals surface area (Å²) < 4.78 is 1.26. The number of nitrogens with one attached hydrogen (secondary N) is 1. The Morgan fingerprint density at radius 1 is 1.54 bits per heavy atom. The van der Waals surface area contributed by atoms with Crippen LogP contribution < -0.4 is 11.1 Å². The van der Waals surface area contributed by atoms with Gasteiger partial charge in [0.1, 0.15) is 11.5 Å². The molecule has 0 bridgehead atoms. The summed E-state index contributed by atoms with van der Waals surface area (Å²) in [6, 6.07) is 1.30. The Bertz CT molecular complexity index is 901. The van der Waals surface area contributed by atoms with E-state index in [2.05, 4.69) is 17.3 Å². The molecule has 0 fully saturated rings. The number of aryl methyl sites for hydroxylation is 1. The summed E-state index contributed by atoms with van der Waals surface area (Å²) in [7, 11) is 0. The van der Waals surface area contributed by atoms with E-state index < -0.39 is 16.7 Å². The highest BCUT2D eigenvalue weighted by molar-refractivity contribution is 7.17. The lowest BCUT2D eigenvalue weighted by molar-refractivity contribution is -0.389. The van der Waals surface area contributed by atoms with E-state index in [1.54, 1.807) is 6.92 Å². The molecule has 0 aliphatic heterocycles. The Hall–Kier alpha value is -2.75. The number of thiophene rings is 1. The minimum absolute atomic E-state index is 0.184. The number of nitrogens with two attached hydrogens (primary N) is 1. The van der Waals surface area contributed by atoms with Crippen molar-refractivity contribution in [2.75, 3.05) is 5.32 Å². The second-order valence-electron chi connectivity index (χ2n) is 6.53. The molecular formula is C16H19N5O4S. The summed E-state index contributed by atoms with van der Waals surface area (Å²) in [6.45, 7) is 3.60. The van der Waals surface area contributed by atoms with Crippen LogP contribution in [0.3, 0.4) is 0 Å². The van der Waals surface area contributed by atoms with Crippen molar-refractivity contribution in [3.8, 4) is 0 Å². The highest BCUT2D eigenvalue weighted by Crippen LogP contribution is 2.39. The number of anilines is 1. The number of hydrogen-bond donors (Lipinski definition) is 2. The summed E-state index contributed by atoms with van der Waals surface area (Å²) in [6.07, 6.45) is 2.61. The van der Waals surface area contributed by atoms with Gasteiger partial charge in [0.25, 0.3) is 5.91 Å². The molecule has 1 atom stereocenters. The van der Waals surface area contributed by atoms with E-state index in [9.17, 15) is 19.7 Å². The monoisotopic (exact) mass is 377 g/mol. The van der Waals surface area contributed by atoms with E-state index in [0.717, 1.165) is 29.7 Å². The molecule has 26 heavy (non-hydrogen) atoms. The van der Waals surface area contributed by atoms with Gasteiger partial charge in [0.05, 0.1) is 22.4 Å². The van der Waals surface area contributed by atoms with Crippen molar-refractivity contribution in [2.24, 2.45) is 11.7 Å². The molecule has 2 amide bonds. The van der Waals surface area contributed by atoms with Gasteiger partial charge in [-0.25, -0.2) is 0 Å². The smallest absolute Gasteiger partial charge is 0.365 e. The summed E-state index contributed by atoms with van der Waals surface area (Å²) in [5.74, 6) is -0.759.